The van der Waals surface area contributed by atoms with E-state index in [0.717, 1.165) is 53.6 Å². The van der Waals surface area contributed by atoms with Crippen LogP contribution in [0.15, 0.2) is 60.0 Å². The molecule has 0 saturated carbocycles. The number of nitrogens with one attached hydrogen (secondary N) is 2. The molecule has 0 spiro atoms. The Morgan fingerprint density at radius 1 is 0.838 bits per heavy atom. The summed E-state index contributed by atoms with van der Waals surface area (Å²) in [5, 5.41) is 10.6. The third kappa shape index (κ3) is 5.90. The van der Waals surface area contributed by atoms with Crippen molar-refractivity contribution in [1.29, 1.82) is 0 Å². The Kier molecular flexibility index (Phi) is 7.94. The van der Waals surface area contributed by atoms with Crippen molar-refractivity contribution in [2.45, 2.75) is 39.0 Å². The maximum absolute atomic E-state index is 4.94. The van der Waals surface area contributed by atoms with E-state index in [9.17, 15) is 0 Å². The van der Waals surface area contributed by atoms with E-state index in [2.05, 4.69) is 115 Å². The van der Waals surface area contributed by atoms with Gasteiger partial charge < -0.3 is 20.4 Å². The molecule has 6 nitrogen and oxygen atoms in total. The zero-order valence-electron chi connectivity index (χ0n) is 22.4. The Morgan fingerprint density at radius 3 is 2.24 bits per heavy atom. The van der Waals surface area contributed by atoms with E-state index in [4.69, 9.17) is 9.97 Å². The summed E-state index contributed by atoms with van der Waals surface area (Å²) in [5.74, 6) is 1.46. The molecular weight excluding hydrogens is 495 g/mol. The number of rotatable bonds is 8. The Labute approximate surface area is 225 Å². The van der Waals surface area contributed by atoms with Crippen molar-refractivity contribution in [3.8, 4) is 0 Å². The lowest BCUT2D eigenvalue weighted by molar-refractivity contribution is 0.313. The van der Waals surface area contributed by atoms with Crippen LogP contribution in [0.5, 0.6) is 0 Å². The quantitative estimate of drug-likeness (QED) is 0.242. The number of piperazine rings is 1. The van der Waals surface area contributed by atoms with Gasteiger partial charge in [0.05, 0.1) is 10.2 Å². The molecule has 5 rings (SSSR count). The fourth-order valence-electron chi connectivity index (χ4n) is 5.04. The number of benzene rings is 2. The standard InChI is InChI=1S/C29H37N6PS/c1-20(2)36(21(3)4)26-9-7-6-8-24(26)31-28-27-25(14-19-37-27)32-29(33-28)30-22-10-12-23(13-11-22)35-17-15-34(5)16-18-35/h6-14,19-21H,15-18H2,1-5H3,(H2,30,31,32,33). The number of hydrogen-bond donors (Lipinski definition) is 2. The van der Waals surface area contributed by atoms with Gasteiger partial charge in [0.2, 0.25) is 5.95 Å². The molecular formula is C29H37N6PS. The van der Waals surface area contributed by atoms with Crippen LogP contribution in [0.2, 0.25) is 0 Å². The normalized spacial score (nSPS) is 14.8. The fraction of sp³-hybridized carbons (Fsp3) is 0.379. The Balaban J connectivity index is 1.40. The van der Waals surface area contributed by atoms with Crippen LogP contribution < -0.4 is 20.8 Å². The van der Waals surface area contributed by atoms with E-state index in [1.165, 1.54) is 11.0 Å². The summed E-state index contributed by atoms with van der Waals surface area (Å²) < 4.78 is 1.07. The van der Waals surface area contributed by atoms with E-state index < -0.39 is 0 Å². The van der Waals surface area contributed by atoms with Gasteiger partial charge in [0, 0.05) is 43.2 Å². The minimum Gasteiger partial charge on any atom is -0.369 e. The van der Waals surface area contributed by atoms with Gasteiger partial charge in [-0.1, -0.05) is 53.8 Å². The highest BCUT2D eigenvalue weighted by molar-refractivity contribution is 7.67. The first-order valence-corrected chi connectivity index (χ1v) is 15.4. The molecule has 2 aromatic heterocycles. The minimum absolute atomic E-state index is 0.306. The summed E-state index contributed by atoms with van der Waals surface area (Å²) in [6.07, 6.45) is 0. The summed E-state index contributed by atoms with van der Waals surface area (Å²) in [5.41, 5.74) is 5.56. The third-order valence-electron chi connectivity index (χ3n) is 6.84. The SMILES string of the molecule is CC(C)P(c1ccccc1Nc1nc(Nc2ccc(N3CCN(C)CC3)cc2)nc2ccsc12)C(C)C. The van der Waals surface area contributed by atoms with E-state index in [1.807, 2.05) is 0 Å². The summed E-state index contributed by atoms with van der Waals surface area (Å²) in [4.78, 5) is 14.6. The molecule has 8 heteroatoms. The molecule has 1 aliphatic heterocycles. The molecule has 4 aromatic rings. The lowest BCUT2D eigenvalue weighted by Gasteiger charge is -2.34. The lowest BCUT2D eigenvalue weighted by Crippen LogP contribution is -2.44. The first kappa shape index (κ1) is 25.9. The number of anilines is 5. The first-order chi connectivity index (χ1) is 17.9. The fourth-order valence-corrected chi connectivity index (χ4v) is 8.79. The van der Waals surface area contributed by atoms with Crippen molar-refractivity contribution in [1.82, 2.24) is 14.9 Å². The highest BCUT2D eigenvalue weighted by Crippen LogP contribution is 2.47. The Bertz CT molecular complexity index is 1320. The van der Waals surface area contributed by atoms with E-state index in [1.54, 1.807) is 11.3 Å². The molecule has 2 aromatic carbocycles. The van der Waals surface area contributed by atoms with Crippen LogP contribution in [-0.4, -0.2) is 59.4 Å². The van der Waals surface area contributed by atoms with Gasteiger partial charge in [-0.3, -0.25) is 0 Å². The van der Waals surface area contributed by atoms with Crippen LogP contribution in [-0.2, 0) is 0 Å². The maximum atomic E-state index is 4.94. The number of fused-ring (bicyclic) bond motifs is 1. The van der Waals surface area contributed by atoms with Crippen molar-refractivity contribution in [2.75, 3.05) is 48.8 Å². The van der Waals surface area contributed by atoms with Gasteiger partial charge in [0.1, 0.15) is 0 Å². The number of nitrogens with zero attached hydrogens (tertiary/aromatic N) is 4. The zero-order chi connectivity index (χ0) is 25.9. The van der Waals surface area contributed by atoms with Gasteiger partial charge >= 0.3 is 0 Å². The second kappa shape index (κ2) is 11.3. The number of likely N-dealkylation sites (N-methyl/N-ethyl adjacent to an activating group) is 1. The van der Waals surface area contributed by atoms with Gasteiger partial charge in [0.25, 0.3) is 0 Å². The van der Waals surface area contributed by atoms with Gasteiger partial charge in [-0.15, -0.1) is 11.3 Å². The molecule has 0 unspecified atom stereocenters. The van der Waals surface area contributed by atoms with Gasteiger partial charge in [-0.05, 0) is 65.4 Å². The van der Waals surface area contributed by atoms with Crippen LogP contribution in [0, 0.1) is 0 Å². The Hall–Kier alpha value is -2.73. The average Bonchev–Trinajstić information content (AvgIpc) is 3.35. The molecule has 0 amide bonds. The highest BCUT2D eigenvalue weighted by Gasteiger charge is 2.22. The Morgan fingerprint density at radius 2 is 1.54 bits per heavy atom. The third-order valence-corrected chi connectivity index (χ3v) is 10.9. The van der Waals surface area contributed by atoms with Crippen LogP contribution in [0.25, 0.3) is 10.2 Å². The summed E-state index contributed by atoms with van der Waals surface area (Å²) >= 11 is 1.67. The zero-order valence-corrected chi connectivity index (χ0v) is 24.1. The lowest BCUT2D eigenvalue weighted by atomic mass is 10.2. The molecule has 1 fully saturated rings. The van der Waals surface area contributed by atoms with E-state index in [-0.39, 0.29) is 7.92 Å². The van der Waals surface area contributed by atoms with E-state index in [0.29, 0.717) is 17.3 Å². The predicted octanol–water partition coefficient (Wildman–Crippen LogP) is 6.85. The van der Waals surface area contributed by atoms with Crippen LogP contribution in [0.1, 0.15) is 27.7 Å². The monoisotopic (exact) mass is 532 g/mol. The van der Waals surface area contributed by atoms with Crippen molar-refractivity contribution in [3.63, 3.8) is 0 Å². The maximum Gasteiger partial charge on any atom is 0.229 e. The molecule has 37 heavy (non-hydrogen) atoms. The molecule has 1 saturated heterocycles. The smallest absolute Gasteiger partial charge is 0.229 e. The minimum atomic E-state index is -0.306. The highest BCUT2D eigenvalue weighted by atomic mass is 32.1. The summed E-state index contributed by atoms with van der Waals surface area (Å²) in [6, 6.07) is 19.4. The molecule has 1 aliphatic rings. The number of thiophene rings is 1. The van der Waals surface area contributed by atoms with Crippen LogP contribution in [0.3, 0.4) is 0 Å². The van der Waals surface area contributed by atoms with Gasteiger partial charge in [-0.25, -0.2) is 4.98 Å². The second-order valence-corrected chi connectivity index (χ2v) is 14.5. The molecule has 0 atom stereocenters. The number of para-hydroxylation sites is 1. The topological polar surface area (TPSA) is 56.3 Å². The first-order valence-electron chi connectivity index (χ1n) is 13.1. The molecule has 0 aliphatic carbocycles. The largest absolute Gasteiger partial charge is 0.369 e. The van der Waals surface area contributed by atoms with E-state index >= 15 is 0 Å². The molecule has 194 valence electrons. The molecule has 3 heterocycles. The number of aromatic nitrogens is 2. The van der Waals surface area contributed by atoms with Crippen molar-refractivity contribution in [3.05, 3.63) is 60.0 Å². The van der Waals surface area contributed by atoms with Crippen LogP contribution in [0.4, 0.5) is 28.8 Å². The van der Waals surface area contributed by atoms with Crippen molar-refractivity contribution < 1.29 is 0 Å². The van der Waals surface area contributed by atoms with Crippen molar-refractivity contribution >= 4 is 63.6 Å². The predicted molar refractivity (Wildman–Crippen MR) is 163 cm³/mol. The molecule has 0 bridgehead atoms. The average molecular weight is 533 g/mol. The summed E-state index contributed by atoms with van der Waals surface area (Å²) in [7, 11) is 1.88. The van der Waals surface area contributed by atoms with Crippen LogP contribution >= 0.6 is 19.3 Å². The van der Waals surface area contributed by atoms with Gasteiger partial charge in [0.15, 0.2) is 5.82 Å². The van der Waals surface area contributed by atoms with Gasteiger partial charge in [-0.2, -0.15) is 4.98 Å². The van der Waals surface area contributed by atoms with Crippen molar-refractivity contribution in [2.24, 2.45) is 0 Å². The second-order valence-electron chi connectivity index (χ2n) is 10.2. The molecule has 2 N–H and O–H groups in total. The number of hydrogen-bond acceptors (Lipinski definition) is 7. The molecule has 0 radical (unpaired) electrons. The summed E-state index contributed by atoms with van der Waals surface area (Å²) in [6.45, 7) is 13.7.